The van der Waals surface area contributed by atoms with Crippen molar-refractivity contribution in [2.24, 2.45) is 5.92 Å². The van der Waals surface area contributed by atoms with Crippen LogP contribution in [0.5, 0.6) is 0 Å². The third-order valence-corrected chi connectivity index (χ3v) is 6.76. The maximum atomic E-state index is 13.8. The summed E-state index contributed by atoms with van der Waals surface area (Å²) >= 11 is 3.24. The lowest BCUT2D eigenvalue weighted by atomic mass is 9.96. The van der Waals surface area contributed by atoms with Crippen LogP contribution < -0.4 is 10.2 Å². The number of thiophene rings is 1. The maximum absolute atomic E-state index is 13.8. The molecule has 1 N–H and O–H groups in total. The molecule has 0 bridgehead atoms. The number of nitrogens with zero attached hydrogens (tertiary/aromatic N) is 2. The van der Waals surface area contributed by atoms with Gasteiger partial charge in [-0.2, -0.15) is 0 Å². The predicted octanol–water partition coefficient (Wildman–Crippen LogP) is 4.07. The zero-order chi connectivity index (χ0) is 17.9. The Hall–Kier alpha value is -1.99. The maximum Gasteiger partial charge on any atom is 0.223 e. The van der Waals surface area contributed by atoms with Crippen LogP contribution in [0.1, 0.15) is 17.7 Å². The third-order valence-electron chi connectivity index (χ3n) is 4.75. The molecule has 4 nitrogen and oxygen atoms in total. The van der Waals surface area contributed by atoms with Gasteiger partial charge in [-0.05, 0) is 42.8 Å². The zero-order valence-electron chi connectivity index (χ0n) is 14.3. The van der Waals surface area contributed by atoms with Crippen LogP contribution in [0.25, 0.3) is 10.2 Å². The standard InChI is InChI=1S/C19H20FN3OS2/c20-15-4-1-5-16-17(15)22-19(26-16)23-10-7-13(8-11-23)18(24)21-9-6-14-3-2-12-25-14/h1-5,12-13H,6-11H2,(H,21,24). The number of nitrogens with one attached hydrogen (secondary N) is 1. The summed E-state index contributed by atoms with van der Waals surface area (Å²) in [5.41, 5.74) is 0.445. The van der Waals surface area contributed by atoms with Gasteiger partial charge >= 0.3 is 0 Å². The monoisotopic (exact) mass is 389 g/mol. The first-order valence-corrected chi connectivity index (χ1v) is 10.5. The minimum atomic E-state index is -0.273. The van der Waals surface area contributed by atoms with Crippen molar-refractivity contribution < 1.29 is 9.18 Å². The summed E-state index contributed by atoms with van der Waals surface area (Å²) in [4.78, 5) is 20.3. The Morgan fingerprint density at radius 2 is 2.12 bits per heavy atom. The fourth-order valence-electron chi connectivity index (χ4n) is 3.28. The average molecular weight is 390 g/mol. The van der Waals surface area contributed by atoms with Crippen LogP contribution in [0.4, 0.5) is 9.52 Å². The van der Waals surface area contributed by atoms with Crippen LogP contribution in [-0.2, 0) is 11.2 Å². The van der Waals surface area contributed by atoms with Crippen molar-refractivity contribution in [2.75, 3.05) is 24.5 Å². The summed E-state index contributed by atoms with van der Waals surface area (Å²) in [7, 11) is 0. The van der Waals surface area contributed by atoms with E-state index in [0.717, 1.165) is 42.2 Å². The molecule has 136 valence electrons. The van der Waals surface area contributed by atoms with Gasteiger partial charge in [-0.3, -0.25) is 4.79 Å². The number of carbonyl (C=O) groups is 1. The number of thiazole rings is 1. The van der Waals surface area contributed by atoms with Crippen molar-refractivity contribution in [3.05, 3.63) is 46.4 Å². The van der Waals surface area contributed by atoms with Crippen LogP contribution in [0.15, 0.2) is 35.7 Å². The van der Waals surface area contributed by atoms with Crippen LogP contribution in [0, 0.1) is 11.7 Å². The minimum Gasteiger partial charge on any atom is -0.355 e. The Morgan fingerprint density at radius 3 is 2.85 bits per heavy atom. The van der Waals surface area contributed by atoms with Gasteiger partial charge in [0.15, 0.2) is 5.13 Å². The van der Waals surface area contributed by atoms with E-state index in [1.165, 1.54) is 22.3 Å². The molecule has 1 aromatic carbocycles. The van der Waals surface area contributed by atoms with Crippen molar-refractivity contribution in [1.29, 1.82) is 0 Å². The first-order valence-electron chi connectivity index (χ1n) is 8.81. The molecule has 0 atom stereocenters. The quantitative estimate of drug-likeness (QED) is 0.715. The Balaban J connectivity index is 1.30. The number of halogens is 1. The molecular formula is C19H20FN3OS2. The number of para-hydroxylation sites is 1. The van der Waals surface area contributed by atoms with Crippen molar-refractivity contribution in [2.45, 2.75) is 19.3 Å². The highest BCUT2D eigenvalue weighted by Crippen LogP contribution is 2.32. The number of benzene rings is 1. The summed E-state index contributed by atoms with van der Waals surface area (Å²) in [6.07, 6.45) is 2.51. The van der Waals surface area contributed by atoms with Crippen LogP contribution in [0.2, 0.25) is 0 Å². The van der Waals surface area contributed by atoms with Crippen LogP contribution in [-0.4, -0.2) is 30.5 Å². The Bertz CT molecular complexity index is 885. The molecule has 1 amide bonds. The lowest BCUT2D eigenvalue weighted by Crippen LogP contribution is -2.41. The smallest absolute Gasteiger partial charge is 0.223 e. The van der Waals surface area contributed by atoms with Gasteiger partial charge in [-0.15, -0.1) is 11.3 Å². The molecule has 0 spiro atoms. The van der Waals surface area contributed by atoms with E-state index >= 15 is 0 Å². The van der Waals surface area contributed by atoms with E-state index in [1.807, 2.05) is 12.1 Å². The van der Waals surface area contributed by atoms with Gasteiger partial charge in [-0.25, -0.2) is 9.37 Å². The lowest BCUT2D eigenvalue weighted by Gasteiger charge is -2.31. The molecular weight excluding hydrogens is 369 g/mol. The summed E-state index contributed by atoms with van der Waals surface area (Å²) < 4.78 is 14.7. The molecule has 3 aromatic rings. The Kier molecular flexibility index (Phi) is 5.17. The molecule has 0 saturated carbocycles. The second-order valence-electron chi connectivity index (χ2n) is 6.46. The molecule has 3 heterocycles. The number of hydrogen-bond donors (Lipinski definition) is 1. The number of anilines is 1. The highest BCUT2D eigenvalue weighted by molar-refractivity contribution is 7.22. The molecule has 1 fully saturated rings. The molecule has 7 heteroatoms. The number of fused-ring (bicyclic) bond motifs is 1. The lowest BCUT2D eigenvalue weighted by molar-refractivity contribution is -0.125. The average Bonchev–Trinajstić information content (AvgIpc) is 3.32. The van der Waals surface area contributed by atoms with Gasteiger partial charge in [0.1, 0.15) is 11.3 Å². The van der Waals surface area contributed by atoms with E-state index in [2.05, 4.69) is 26.6 Å². The van der Waals surface area contributed by atoms with E-state index in [4.69, 9.17) is 0 Å². The fourth-order valence-corrected chi connectivity index (χ4v) is 5.02. The van der Waals surface area contributed by atoms with E-state index in [9.17, 15) is 9.18 Å². The second-order valence-corrected chi connectivity index (χ2v) is 8.51. The van der Waals surface area contributed by atoms with E-state index in [1.54, 1.807) is 17.4 Å². The van der Waals surface area contributed by atoms with Gasteiger partial charge < -0.3 is 10.2 Å². The number of rotatable bonds is 5. The SMILES string of the molecule is O=C(NCCc1cccs1)C1CCN(c2nc3c(F)cccc3s2)CC1. The molecule has 1 aliphatic heterocycles. The molecule has 2 aromatic heterocycles. The summed E-state index contributed by atoms with van der Waals surface area (Å²) in [5, 5.41) is 5.97. The summed E-state index contributed by atoms with van der Waals surface area (Å²) in [6.45, 7) is 2.26. The summed E-state index contributed by atoms with van der Waals surface area (Å²) in [6, 6.07) is 9.18. The van der Waals surface area contributed by atoms with Crippen molar-refractivity contribution in [3.8, 4) is 0 Å². The second kappa shape index (κ2) is 7.72. The molecule has 26 heavy (non-hydrogen) atoms. The van der Waals surface area contributed by atoms with E-state index in [-0.39, 0.29) is 17.6 Å². The van der Waals surface area contributed by atoms with Gasteiger partial charge in [-0.1, -0.05) is 23.5 Å². The molecule has 0 aliphatic carbocycles. The molecule has 0 radical (unpaired) electrons. The van der Waals surface area contributed by atoms with Crippen molar-refractivity contribution in [3.63, 3.8) is 0 Å². The number of carbonyl (C=O) groups excluding carboxylic acids is 1. The van der Waals surface area contributed by atoms with Crippen molar-refractivity contribution >= 4 is 43.9 Å². The number of hydrogen-bond acceptors (Lipinski definition) is 5. The highest BCUT2D eigenvalue weighted by Gasteiger charge is 2.26. The van der Waals surface area contributed by atoms with E-state index < -0.39 is 0 Å². The van der Waals surface area contributed by atoms with Crippen LogP contribution >= 0.6 is 22.7 Å². The Labute approximate surface area is 159 Å². The first-order chi connectivity index (χ1) is 12.7. The van der Waals surface area contributed by atoms with E-state index in [0.29, 0.717) is 12.1 Å². The number of amides is 1. The molecule has 1 aliphatic rings. The topological polar surface area (TPSA) is 45.2 Å². The first kappa shape index (κ1) is 17.4. The zero-order valence-corrected chi connectivity index (χ0v) is 15.9. The fraction of sp³-hybridized carbons (Fsp3) is 0.368. The van der Waals surface area contributed by atoms with Crippen molar-refractivity contribution in [1.82, 2.24) is 10.3 Å². The van der Waals surface area contributed by atoms with Gasteiger partial charge in [0, 0.05) is 30.4 Å². The number of aromatic nitrogens is 1. The minimum absolute atomic E-state index is 0.0562. The summed E-state index contributed by atoms with van der Waals surface area (Å²) in [5.74, 6) is -0.0674. The predicted molar refractivity (Wildman–Crippen MR) is 106 cm³/mol. The number of piperidine rings is 1. The molecule has 4 rings (SSSR count). The molecule has 1 saturated heterocycles. The van der Waals surface area contributed by atoms with Crippen LogP contribution in [0.3, 0.4) is 0 Å². The largest absolute Gasteiger partial charge is 0.355 e. The Morgan fingerprint density at radius 1 is 1.27 bits per heavy atom. The highest BCUT2D eigenvalue weighted by atomic mass is 32.1. The molecule has 0 unspecified atom stereocenters. The van der Waals surface area contributed by atoms with Gasteiger partial charge in [0.25, 0.3) is 0 Å². The van der Waals surface area contributed by atoms with Gasteiger partial charge in [0.05, 0.1) is 4.70 Å². The third kappa shape index (κ3) is 3.73. The van der Waals surface area contributed by atoms with Gasteiger partial charge in [0.2, 0.25) is 5.91 Å². The normalized spacial score (nSPS) is 15.5.